The zero-order valence-corrected chi connectivity index (χ0v) is 11.6. The minimum atomic E-state index is 0.512. The Morgan fingerprint density at radius 3 is 1.84 bits per heavy atom. The Hall–Kier alpha value is -2.24. The van der Waals surface area contributed by atoms with Gasteiger partial charge < -0.3 is 28.7 Å². The molecule has 104 valence electrons. The molecule has 1 aromatic carbocycles. The third kappa shape index (κ3) is 1.89. The van der Waals surface area contributed by atoms with Crippen LogP contribution in [0.25, 0.3) is 10.9 Å². The molecule has 19 heavy (non-hydrogen) atoms. The number of hydrogen-bond acceptors (Lipinski definition) is 5. The van der Waals surface area contributed by atoms with Gasteiger partial charge in [0.1, 0.15) is 0 Å². The van der Waals surface area contributed by atoms with E-state index in [2.05, 4.69) is 4.98 Å². The third-order valence-electron chi connectivity index (χ3n) is 2.92. The number of nitrogens with one attached hydrogen (secondary N) is 1. The van der Waals surface area contributed by atoms with Crippen LogP contribution in [-0.2, 0) is 0 Å². The average Bonchev–Trinajstić information content (AvgIpc) is 2.81. The van der Waals surface area contributed by atoms with Crippen LogP contribution in [0.5, 0.6) is 28.9 Å². The van der Waals surface area contributed by atoms with Crippen molar-refractivity contribution in [3.8, 4) is 28.9 Å². The molecule has 0 aliphatic carbocycles. The van der Waals surface area contributed by atoms with Crippen LogP contribution < -0.4 is 23.7 Å². The van der Waals surface area contributed by atoms with Gasteiger partial charge in [-0.3, -0.25) is 0 Å². The van der Waals surface area contributed by atoms with Crippen molar-refractivity contribution < 1.29 is 23.7 Å². The molecule has 6 heteroatoms. The number of H-pyrrole nitrogens is 1. The smallest absolute Gasteiger partial charge is 0.235 e. The van der Waals surface area contributed by atoms with Gasteiger partial charge in [0.05, 0.1) is 46.5 Å². The van der Waals surface area contributed by atoms with Crippen LogP contribution in [0, 0.1) is 0 Å². The molecule has 1 heterocycles. The minimum Gasteiger partial charge on any atom is -0.493 e. The van der Waals surface area contributed by atoms with Gasteiger partial charge in [0.15, 0.2) is 17.2 Å². The Kier molecular flexibility index (Phi) is 3.59. The summed E-state index contributed by atoms with van der Waals surface area (Å²) in [5.74, 6) is 2.70. The average molecular weight is 267 g/mol. The van der Waals surface area contributed by atoms with E-state index in [1.807, 2.05) is 6.07 Å². The molecule has 0 amide bonds. The van der Waals surface area contributed by atoms with Crippen LogP contribution in [0.1, 0.15) is 0 Å². The molecule has 0 radical (unpaired) electrons. The van der Waals surface area contributed by atoms with Crippen molar-refractivity contribution in [1.82, 2.24) is 4.98 Å². The fraction of sp³-hybridized carbons (Fsp3) is 0.385. The maximum atomic E-state index is 5.43. The van der Waals surface area contributed by atoms with E-state index in [0.29, 0.717) is 28.9 Å². The molecule has 1 N–H and O–H groups in total. The van der Waals surface area contributed by atoms with Gasteiger partial charge in [-0.25, -0.2) is 0 Å². The van der Waals surface area contributed by atoms with Gasteiger partial charge >= 0.3 is 0 Å². The van der Waals surface area contributed by atoms with Crippen molar-refractivity contribution in [1.29, 1.82) is 0 Å². The highest BCUT2D eigenvalue weighted by Crippen LogP contribution is 2.49. The van der Waals surface area contributed by atoms with Crippen molar-refractivity contribution in [2.45, 2.75) is 0 Å². The molecule has 0 saturated heterocycles. The molecule has 0 bridgehead atoms. The number of rotatable bonds is 5. The predicted octanol–water partition coefficient (Wildman–Crippen LogP) is 2.21. The third-order valence-corrected chi connectivity index (χ3v) is 2.92. The van der Waals surface area contributed by atoms with E-state index >= 15 is 0 Å². The summed E-state index contributed by atoms with van der Waals surface area (Å²) < 4.78 is 26.7. The number of benzene rings is 1. The Morgan fingerprint density at radius 2 is 1.37 bits per heavy atom. The van der Waals surface area contributed by atoms with E-state index < -0.39 is 0 Å². The summed E-state index contributed by atoms with van der Waals surface area (Å²) in [5, 5.41) is 0.750. The first kappa shape index (κ1) is 13.2. The number of ether oxygens (including phenoxy) is 5. The highest BCUT2D eigenvalue weighted by Gasteiger charge is 2.23. The fourth-order valence-corrected chi connectivity index (χ4v) is 2.11. The summed E-state index contributed by atoms with van der Waals surface area (Å²) >= 11 is 0. The second-order valence-corrected chi connectivity index (χ2v) is 3.76. The molecule has 0 aliphatic heterocycles. The first-order valence-corrected chi connectivity index (χ1v) is 5.64. The SMILES string of the molecule is COc1cc2[nH]c(OC)c(OC)c2c(OC)c1OC. The standard InChI is InChI=1S/C13H17NO5/c1-15-8-6-7-9(11(17-3)10(8)16-2)12(18-4)13(14-7)19-5/h6,14H,1-5H3. The quantitative estimate of drug-likeness (QED) is 0.900. The molecule has 0 atom stereocenters. The molecule has 0 fully saturated rings. The van der Waals surface area contributed by atoms with E-state index in [4.69, 9.17) is 23.7 Å². The van der Waals surface area contributed by atoms with Crippen LogP contribution in [0.4, 0.5) is 0 Å². The fourth-order valence-electron chi connectivity index (χ4n) is 2.11. The van der Waals surface area contributed by atoms with Crippen LogP contribution >= 0.6 is 0 Å². The topological polar surface area (TPSA) is 61.9 Å². The molecular weight excluding hydrogens is 250 g/mol. The lowest BCUT2D eigenvalue weighted by Crippen LogP contribution is -1.96. The molecule has 0 spiro atoms. The molecule has 2 rings (SSSR count). The maximum Gasteiger partial charge on any atom is 0.235 e. The monoisotopic (exact) mass is 267 g/mol. The molecule has 6 nitrogen and oxygen atoms in total. The van der Waals surface area contributed by atoms with Crippen molar-refractivity contribution >= 4 is 10.9 Å². The minimum absolute atomic E-state index is 0.512. The van der Waals surface area contributed by atoms with Gasteiger partial charge in [0.25, 0.3) is 0 Å². The van der Waals surface area contributed by atoms with Gasteiger partial charge in [-0.2, -0.15) is 0 Å². The van der Waals surface area contributed by atoms with Crippen LogP contribution in [-0.4, -0.2) is 40.5 Å². The molecular formula is C13H17NO5. The predicted molar refractivity (Wildman–Crippen MR) is 71.1 cm³/mol. The number of methoxy groups -OCH3 is 5. The molecule has 0 saturated carbocycles. The van der Waals surface area contributed by atoms with Gasteiger partial charge in [-0.15, -0.1) is 0 Å². The second kappa shape index (κ2) is 5.17. The molecule has 1 aromatic heterocycles. The summed E-state index contributed by atoms with van der Waals surface area (Å²) in [7, 11) is 7.83. The van der Waals surface area contributed by atoms with Gasteiger partial charge in [-0.1, -0.05) is 0 Å². The molecule has 0 unspecified atom stereocenters. The zero-order valence-electron chi connectivity index (χ0n) is 11.6. The van der Waals surface area contributed by atoms with E-state index in [0.717, 1.165) is 10.9 Å². The Bertz CT molecular complexity index is 590. The number of fused-ring (bicyclic) bond motifs is 1. The van der Waals surface area contributed by atoms with Crippen molar-refractivity contribution in [3.05, 3.63) is 6.07 Å². The Morgan fingerprint density at radius 1 is 0.737 bits per heavy atom. The van der Waals surface area contributed by atoms with Crippen LogP contribution in [0.15, 0.2) is 6.07 Å². The number of aromatic nitrogens is 1. The lowest BCUT2D eigenvalue weighted by atomic mass is 10.2. The number of hydrogen-bond donors (Lipinski definition) is 1. The van der Waals surface area contributed by atoms with Gasteiger partial charge in [0.2, 0.25) is 11.6 Å². The highest BCUT2D eigenvalue weighted by atomic mass is 16.5. The van der Waals surface area contributed by atoms with Gasteiger partial charge in [-0.05, 0) is 0 Å². The van der Waals surface area contributed by atoms with Gasteiger partial charge in [0, 0.05) is 6.07 Å². The zero-order chi connectivity index (χ0) is 14.0. The van der Waals surface area contributed by atoms with Crippen molar-refractivity contribution in [2.75, 3.05) is 35.5 Å². The largest absolute Gasteiger partial charge is 0.493 e. The van der Waals surface area contributed by atoms with E-state index in [9.17, 15) is 0 Å². The van der Waals surface area contributed by atoms with E-state index in [1.165, 1.54) is 0 Å². The van der Waals surface area contributed by atoms with Crippen LogP contribution in [0.2, 0.25) is 0 Å². The summed E-state index contributed by atoms with van der Waals surface area (Å²) in [4.78, 5) is 3.10. The summed E-state index contributed by atoms with van der Waals surface area (Å²) in [6, 6.07) is 1.81. The van der Waals surface area contributed by atoms with Crippen molar-refractivity contribution in [2.24, 2.45) is 0 Å². The summed E-state index contributed by atoms with van der Waals surface area (Å²) in [5.41, 5.74) is 0.781. The Labute approximate surface area is 111 Å². The lowest BCUT2D eigenvalue weighted by molar-refractivity contribution is 0.325. The Balaban J connectivity index is 2.87. The normalized spacial score (nSPS) is 10.4. The highest BCUT2D eigenvalue weighted by molar-refractivity contribution is 5.98. The lowest BCUT2D eigenvalue weighted by Gasteiger charge is -2.13. The summed E-state index contributed by atoms with van der Waals surface area (Å²) in [6.45, 7) is 0. The molecule has 0 aliphatic rings. The maximum absolute atomic E-state index is 5.43. The first-order valence-electron chi connectivity index (χ1n) is 5.64. The van der Waals surface area contributed by atoms with Crippen molar-refractivity contribution in [3.63, 3.8) is 0 Å². The van der Waals surface area contributed by atoms with Crippen LogP contribution in [0.3, 0.4) is 0 Å². The molecule has 2 aromatic rings. The van der Waals surface area contributed by atoms with E-state index in [1.54, 1.807) is 35.5 Å². The van der Waals surface area contributed by atoms with E-state index in [-0.39, 0.29) is 0 Å². The number of aromatic amines is 1. The first-order chi connectivity index (χ1) is 9.21. The second-order valence-electron chi connectivity index (χ2n) is 3.76. The summed E-state index contributed by atoms with van der Waals surface area (Å²) in [6.07, 6.45) is 0.